The van der Waals surface area contributed by atoms with Gasteiger partial charge in [0.1, 0.15) is 11.8 Å². The minimum absolute atomic E-state index is 0.106. The van der Waals surface area contributed by atoms with Crippen molar-refractivity contribution in [2.24, 2.45) is 5.92 Å². The molecule has 29 heavy (non-hydrogen) atoms. The fraction of sp³-hybridized carbons (Fsp3) is 0.842. The zero-order chi connectivity index (χ0) is 21.9. The molecule has 0 radical (unpaired) electrons. The summed E-state index contributed by atoms with van der Waals surface area (Å²) in [5.41, 5.74) is 0. The predicted molar refractivity (Wildman–Crippen MR) is 108 cm³/mol. The molecule has 0 aromatic rings. The molecule has 0 aromatic heterocycles. The van der Waals surface area contributed by atoms with Crippen LogP contribution in [0.15, 0.2) is 0 Å². The molecule has 9 nitrogen and oxygen atoms in total. The molecular formula is C19H34N2O7S. The Morgan fingerprint density at radius 2 is 1.66 bits per heavy atom. The molecule has 168 valence electrons. The number of rotatable bonds is 15. The lowest BCUT2D eigenvalue weighted by atomic mass is 10.0. The van der Waals surface area contributed by atoms with Crippen molar-refractivity contribution in [2.45, 2.75) is 70.3 Å². The number of hydrogen-bond acceptors (Lipinski definition) is 6. The number of hydrogen-bond donors (Lipinski definition) is 3. The van der Waals surface area contributed by atoms with E-state index in [4.69, 9.17) is 9.66 Å². The molecule has 0 aliphatic heterocycles. The van der Waals surface area contributed by atoms with Gasteiger partial charge in [-0.05, 0) is 52.2 Å². The number of amides is 1. The van der Waals surface area contributed by atoms with Crippen LogP contribution in [0.4, 0.5) is 0 Å². The van der Waals surface area contributed by atoms with Crippen LogP contribution in [0.3, 0.4) is 0 Å². The van der Waals surface area contributed by atoms with E-state index < -0.39 is 33.7 Å². The Hall–Kier alpha value is -1.52. The summed E-state index contributed by atoms with van der Waals surface area (Å²) >= 11 is 0. The Morgan fingerprint density at radius 1 is 1.03 bits per heavy atom. The first kappa shape index (κ1) is 25.5. The van der Waals surface area contributed by atoms with Crippen LogP contribution in [-0.2, 0) is 24.5 Å². The van der Waals surface area contributed by atoms with Crippen LogP contribution in [0.1, 0.15) is 64.2 Å². The fourth-order valence-corrected chi connectivity index (χ4v) is 4.24. The van der Waals surface area contributed by atoms with Gasteiger partial charge in [-0.15, -0.1) is 0 Å². The number of unbranched alkanes of at least 4 members (excludes halogenated alkanes) is 2. The number of carboxylic acids is 1. The molecule has 0 saturated heterocycles. The molecule has 0 heterocycles. The van der Waals surface area contributed by atoms with Gasteiger partial charge in [-0.3, -0.25) is 18.9 Å². The van der Waals surface area contributed by atoms with E-state index in [1.165, 1.54) is 0 Å². The quantitative estimate of drug-likeness (QED) is 0.260. The summed E-state index contributed by atoms with van der Waals surface area (Å²) in [5.74, 6) is -2.51. The Labute approximate surface area is 173 Å². The van der Waals surface area contributed by atoms with Gasteiger partial charge in [-0.1, -0.05) is 19.3 Å². The second-order valence-corrected chi connectivity index (χ2v) is 9.37. The van der Waals surface area contributed by atoms with Crippen molar-refractivity contribution in [3.05, 3.63) is 0 Å². The van der Waals surface area contributed by atoms with Crippen LogP contribution >= 0.6 is 0 Å². The maximum Gasteiger partial charge on any atom is 0.303 e. The van der Waals surface area contributed by atoms with Gasteiger partial charge in [-0.2, -0.15) is 8.42 Å². The Morgan fingerprint density at radius 3 is 2.24 bits per heavy atom. The van der Waals surface area contributed by atoms with Gasteiger partial charge in [-0.25, -0.2) is 0 Å². The van der Waals surface area contributed by atoms with Crippen molar-refractivity contribution in [1.29, 1.82) is 0 Å². The van der Waals surface area contributed by atoms with E-state index in [0.717, 1.165) is 45.1 Å². The average Bonchev–Trinajstić information content (AvgIpc) is 3.14. The molecule has 3 N–H and O–H groups in total. The molecule has 1 fully saturated rings. The Bertz CT molecular complexity index is 645. The molecule has 1 atom stereocenters. The lowest BCUT2D eigenvalue weighted by molar-refractivity contribution is -0.137. The SMILES string of the molecule is CN(CCCCCC(=O)O)CCCC(=O)C(CS(=O)(=O)O)NC(=O)C1CCCC1. The first-order valence-corrected chi connectivity index (χ1v) is 11.9. The molecule has 1 unspecified atom stereocenters. The smallest absolute Gasteiger partial charge is 0.303 e. The summed E-state index contributed by atoms with van der Waals surface area (Å²) in [7, 11) is -2.49. The van der Waals surface area contributed by atoms with E-state index in [1.807, 2.05) is 11.9 Å². The van der Waals surface area contributed by atoms with E-state index in [2.05, 4.69) is 5.32 Å². The van der Waals surface area contributed by atoms with Gasteiger partial charge in [0.25, 0.3) is 10.1 Å². The Balaban J connectivity index is 2.38. The molecule has 0 bridgehead atoms. The van der Waals surface area contributed by atoms with Gasteiger partial charge in [0.05, 0.1) is 0 Å². The number of carbonyl (C=O) groups is 3. The predicted octanol–water partition coefficient (Wildman–Crippen LogP) is 1.48. The maximum atomic E-state index is 12.5. The van der Waals surface area contributed by atoms with E-state index in [9.17, 15) is 22.8 Å². The van der Waals surface area contributed by atoms with Gasteiger partial charge in [0, 0.05) is 18.8 Å². The van der Waals surface area contributed by atoms with Crippen LogP contribution in [0.2, 0.25) is 0 Å². The molecule has 0 aromatic carbocycles. The highest BCUT2D eigenvalue weighted by Gasteiger charge is 2.30. The van der Waals surface area contributed by atoms with Gasteiger partial charge < -0.3 is 15.3 Å². The summed E-state index contributed by atoms with van der Waals surface area (Å²) in [4.78, 5) is 37.2. The fourth-order valence-electron chi connectivity index (χ4n) is 3.55. The van der Waals surface area contributed by atoms with Crippen molar-refractivity contribution < 1.29 is 32.5 Å². The summed E-state index contributed by atoms with van der Waals surface area (Å²) < 4.78 is 31.6. The van der Waals surface area contributed by atoms with Crippen molar-refractivity contribution in [3.63, 3.8) is 0 Å². The number of nitrogens with one attached hydrogen (secondary N) is 1. The number of Topliss-reactive ketones (excluding diaryl/α,β-unsaturated/α-hetero) is 1. The van der Waals surface area contributed by atoms with E-state index in [0.29, 0.717) is 19.4 Å². The van der Waals surface area contributed by atoms with E-state index in [-0.39, 0.29) is 24.7 Å². The summed E-state index contributed by atoms with van der Waals surface area (Å²) in [6.07, 6.45) is 6.45. The average molecular weight is 435 g/mol. The second-order valence-electron chi connectivity index (χ2n) is 7.87. The largest absolute Gasteiger partial charge is 0.481 e. The zero-order valence-corrected chi connectivity index (χ0v) is 18.0. The summed E-state index contributed by atoms with van der Waals surface area (Å²) in [5, 5.41) is 11.1. The number of carboxylic acid groups (broad SMARTS) is 1. The highest BCUT2D eigenvalue weighted by molar-refractivity contribution is 7.85. The van der Waals surface area contributed by atoms with Crippen LogP contribution in [0.5, 0.6) is 0 Å². The second kappa shape index (κ2) is 12.9. The van der Waals surface area contributed by atoms with Crippen LogP contribution in [-0.4, -0.2) is 72.6 Å². The van der Waals surface area contributed by atoms with E-state index >= 15 is 0 Å². The molecule has 0 spiro atoms. The van der Waals surface area contributed by atoms with Gasteiger partial charge >= 0.3 is 5.97 Å². The van der Waals surface area contributed by atoms with Crippen molar-refractivity contribution in [1.82, 2.24) is 10.2 Å². The third kappa shape index (κ3) is 11.9. The third-order valence-electron chi connectivity index (χ3n) is 5.20. The number of aliphatic carboxylic acids is 1. The van der Waals surface area contributed by atoms with Crippen LogP contribution in [0, 0.1) is 5.92 Å². The van der Waals surface area contributed by atoms with Crippen LogP contribution < -0.4 is 5.32 Å². The van der Waals surface area contributed by atoms with Gasteiger partial charge in [0.2, 0.25) is 5.91 Å². The molecule has 1 amide bonds. The maximum absolute atomic E-state index is 12.5. The lowest BCUT2D eigenvalue weighted by Crippen LogP contribution is -2.47. The topological polar surface area (TPSA) is 141 Å². The van der Waals surface area contributed by atoms with Gasteiger partial charge in [0.15, 0.2) is 5.78 Å². The molecule has 1 aliphatic carbocycles. The van der Waals surface area contributed by atoms with Crippen molar-refractivity contribution in [2.75, 3.05) is 25.9 Å². The minimum Gasteiger partial charge on any atom is -0.481 e. The number of carbonyl (C=O) groups excluding carboxylic acids is 2. The lowest BCUT2D eigenvalue weighted by Gasteiger charge is -2.20. The number of ketones is 1. The van der Waals surface area contributed by atoms with E-state index in [1.54, 1.807) is 0 Å². The van der Waals surface area contributed by atoms with Crippen LogP contribution in [0.25, 0.3) is 0 Å². The highest BCUT2D eigenvalue weighted by Crippen LogP contribution is 2.24. The standard InChI is InChI=1S/C19H34N2O7S/c1-21(12-6-2-3-11-18(23)24)13-7-10-17(22)16(14-29(26,27)28)20-19(25)15-8-4-5-9-15/h15-16H,2-14H2,1H3,(H,20,25)(H,23,24)(H,26,27,28). The molecule has 10 heteroatoms. The molecule has 1 rings (SSSR count). The normalized spacial score (nSPS) is 16.1. The monoisotopic (exact) mass is 434 g/mol. The first-order chi connectivity index (χ1) is 13.6. The van der Waals surface area contributed by atoms with Crippen molar-refractivity contribution in [3.8, 4) is 0 Å². The first-order valence-electron chi connectivity index (χ1n) is 10.3. The molecular weight excluding hydrogens is 400 g/mol. The number of nitrogens with zero attached hydrogens (tertiary/aromatic N) is 1. The Kier molecular flexibility index (Phi) is 11.4. The molecule has 1 aliphatic rings. The minimum atomic E-state index is -4.39. The summed E-state index contributed by atoms with van der Waals surface area (Å²) in [6, 6.07) is -1.22. The zero-order valence-electron chi connectivity index (χ0n) is 17.1. The van der Waals surface area contributed by atoms with Crippen molar-refractivity contribution >= 4 is 27.8 Å². The molecule has 1 saturated carbocycles. The summed E-state index contributed by atoms with van der Waals surface area (Å²) in [6.45, 7) is 1.40. The third-order valence-corrected chi connectivity index (χ3v) is 5.96. The highest BCUT2D eigenvalue weighted by atomic mass is 32.2.